The number of carbonyl (C=O) groups is 1. The average Bonchev–Trinajstić information content (AvgIpc) is 2.44. The zero-order valence-electron chi connectivity index (χ0n) is 11.2. The fourth-order valence-corrected chi connectivity index (χ4v) is 2.25. The summed E-state index contributed by atoms with van der Waals surface area (Å²) < 4.78 is 18.2. The molecule has 0 saturated heterocycles. The maximum absolute atomic E-state index is 12.8. The molecule has 7 heteroatoms. The van der Waals surface area contributed by atoms with Crippen molar-refractivity contribution in [3.05, 3.63) is 47.7 Å². The van der Waals surface area contributed by atoms with Gasteiger partial charge in [-0.25, -0.2) is 14.4 Å². The van der Waals surface area contributed by atoms with E-state index in [0.29, 0.717) is 16.6 Å². The molecule has 1 N–H and O–H groups in total. The fraction of sp³-hybridized carbons (Fsp3) is 0.214. The number of rotatable bonds is 6. The summed E-state index contributed by atoms with van der Waals surface area (Å²) in [5.41, 5.74) is 0.732. The molecule has 2 aromatic rings. The first kappa shape index (κ1) is 15.2. The third-order valence-corrected chi connectivity index (χ3v) is 3.30. The van der Waals surface area contributed by atoms with E-state index in [2.05, 4.69) is 9.97 Å². The maximum atomic E-state index is 12.8. The molecule has 0 spiro atoms. The zero-order chi connectivity index (χ0) is 15.2. The zero-order valence-corrected chi connectivity index (χ0v) is 12.1. The van der Waals surface area contributed by atoms with E-state index in [1.54, 1.807) is 13.0 Å². The van der Waals surface area contributed by atoms with Gasteiger partial charge in [0.15, 0.2) is 5.82 Å². The van der Waals surface area contributed by atoms with Gasteiger partial charge in [0.1, 0.15) is 23.2 Å². The van der Waals surface area contributed by atoms with E-state index in [1.807, 2.05) is 0 Å². The molecular formula is C14H13FN2O3S. The predicted octanol–water partition coefficient (Wildman–Crippen LogP) is 2.68. The number of hydrogen-bond acceptors (Lipinski definition) is 5. The lowest BCUT2D eigenvalue weighted by molar-refractivity contribution is -0.133. The highest BCUT2D eigenvalue weighted by Gasteiger charge is 2.06. The number of hydrogen-bond donors (Lipinski definition) is 1. The van der Waals surface area contributed by atoms with E-state index in [4.69, 9.17) is 9.84 Å². The van der Waals surface area contributed by atoms with Crippen molar-refractivity contribution < 1.29 is 19.0 Å². The molecule has 5 nitrogen and oxygen atoms in total. The summed E-state index contributed by atoms with van der Waals surface area (Å²) in [7, 11) is 0. The Balaban J connectivity index is 2.02. The Bertz CT molecular complexity index is 635. The van der Waals surface area contributed by atoms with Gasteiger partial charge in [-0.1, -0.05) is 11.8 Å². The van der Waals surface area contributed by atoms with Gasteiger partial charge in [0, 0.05) is 5.69 Å². The molecule has 21 heavy (non-hydrogen) atoms. The van der Waals surface area contributed by atoms with Gasteiger partial charge in [0.05, 0.1) is 5.75 Å². The van der Waals surface area contributed by atoms with Crippen LogP contribution in [-0.4, -0.2) is 26.8 Å². The number of ether oxygens (including phenoxy) is 1. The SMILES string of the molecule is Cc1cc(SCC(=O)O)nc(COc2ccc(F)cc2)n1. The molecule has 0 aliphatic rings. The molecular weight excluding hydrogens is 295 g/mol. The van der Waals surface area contributed by atoms with Crippen LogP contribution in [0.25, 0.3) is 0 Å². The highest BCUT2D eigenvalue weighted by Crippen LogP contribution is 2.17. The third-order valence-electron chi connectivity index (χ3n) is 2.40. The molecule has 1 aromatic carbocycles. The van der Waals surface area contributed by atoms with Crippen LogP contribution in [0, 0.1) is 12.7 Å². The van der Waals surface area contributed by atoms with Gasteiger partial charge in [-0.15, -0.1) is 0 Å². The van der Waals surface area contributed by atoms with Crippen molar-refractivity contribution in [1.82, 2.24) is 9.97 Å². The summed E-state index contributed by atoms with van der Waals surface area (Å²) >= 11 is 1.12. The molecule has 1 aromatic heterocycles. The van der Waals surface area contributed by atoms with E-state index >= 15 is 0 Å². The summed E-state index contributed by atoms with van der Waals surface area (Å²) in [6, 6.07) is 7.37. The van der Waals surface area contributed by atoms with Crippen LogP contribution in [-0.2, 0) is 11.4 Å². The van der Waals surface area contributed by atoms with E-state index in [0.717, 1.165) is 17.5 Å². The quantitative estimate of drug-likeness (QED) is 0.653. The van der Waals surface area contributed by atoms with Gasteiger partial charge in [0.25, 0.3) is 0 Å². The number of thioether (sulfide) groups is 1. The Hall–Kier alpha value is -2.15. The first-order valence-corrected chi connectivity index (χ1v) is 7.09. The van der Waals surface area contributed by atoms with Crippen molar-refractivity contribution in [2.45, 2.75) is 18.6 Å². The first-order chi connectivity index (χ1) is 10.0. The molecule has 0 bridgehead atoms. The van der Waals surface area contributed by atoms with Gasteiger partial charge in [-0.2, -0.15) is 0 Å². The summed E-state index contributed by atoms with van der Waals surface area (Å²) in [4.78, 5) is 19.0. The standard InChI is InChI=1S/C14H13FN2O3S/c1-9-6-13(21-8-14(18)19)17-12(16-9)7-20-11-4-2-10(15)3-5-11/h2-6H,7-8H2,1H3,(H,18,19). The lowest BCUT2D eigenvalue weighted by Crippen LogP contribution is -2.05. The maximum Gasteiger partial charge on any atom is 0.313 e. The summed E-state index contributed by atoms with van der Waals surface area (Å²) in [5.74, 6) is -0.329. The molecule has 0 radical (unpaired) electrons. The lowest BCUT2D eigenvalue weighted by atomic mass is 10.3. The Labute approximate surface area is 125 Å². The topological polar surface area (TPSA) is 72.3 Å². The van der Waals surface area contributed by atoms with E-state index in [-0.39, 0.29) is 18.2 Å². The Morgan fingerprint density at radius 3 is 2.71 bits per heavy atom. The lowest BCUT2D eigenvalue weighted by Gasteiger charge is -2.07. The van der Waals surface area contributed by atoms with Crippen LogP contribution in [0.2, 0.25) is 0 Å². The summed E-state index contributed by atoms with van der Waals surface area (Å²) in [6.07, 6.45) is 0. The van der Waals surface area contributed by atoms with Crippen LogP contribution in [0.4, 0.5) is 4.39 Å². The average molecular weight is 308 g/mol. The monoisotopic (exact) mass is 308 g/mol. The predicted molar refractivity (Wildman–Crippen MR) is 75.9 cm³/mol. The smallest absolute Gasteiger partial charge is 0.313 e. The second-order valence-electron chi connectivity index (χ2n) is 4.19. The number of nitrogens with zero attached hydrogens (tertiary/aromatic N) is 2. The number of benzene rings is 1. The number of carboxylic acids is 1. The van der Waals surface area contributed by atoms with Gasteiger partial charge in [0.2, 0.25) is 0 Å². The van der Waals surface area contributed by atoms with Crippen molar-refractivity contribution >= 4 is 17.7 Å². The third kappa shape index (κ3) is 5.03. The minimum absolute atomic E-state index is 0.0608. The van der Waals surface area contributed by atoms with Crippen LogP contribution >= 0.6 is 11.8 Å². The molecule has 0 saturated carbocycles. The molecule has 0 unspecified atom stereocenters. The van der Waals surface area contributed by atoms with Crippen molar-refractivity contribution in [2.24, 2.45) is 0 Å². The number of aliphatic carboxylic acids is 1. The van der Waals surface area contributed by atoms with Crippen molar-refractivity contribution in [3.8, 4) is 5.75 Å². The second-order valence-corrected chi connectivity index (χ2v) is 5.18. The van der Waals surface area contributed by atoms with Crippen LogP contribution in [0.5, 0.6) is 5.75 Å². The van der Waals surface area contributed by atoms with Crippen LogP contribution in [0.1, 0.15) is 11.5 Å². The highest BCUT2D eigenvalue weighted by atomic mass is 32.2. The molecule has 0 atom stereocenters. The second kappa shape index (κ2) is 7.03. The molecule has 0 aliphatic carbocycles. The van der Waals surface area contributed by atoms with E-state index in [1.165, 1.54) is 24.3 Å². The molecule has 0 amide bonds. The first-order valence-electron chi connectivity index (χ1n) is 6.10. The highest BCUT2D eigenvalue weighted by molar-refractivity contribution is 7.99. The van der Waals surface area contributed by atoms with E-state index < -0.39 is 5.97 Å². The van der Waals surface area contributed by atoms with Gasteiger partial charge in [-0.3, -0.25) is 4.79 Å². The largest absolute Gasteiger partial charge is 0.486 e. The van der Waals surface area contributed by atoms with Crippen LogP contribution < -0.4 is 4.74 Å². The molecule has 110 valence electrons. The van der Waals surface area contributed by atoms with Gasteiger partial charge >= 0.3 is 5.97 Å². The molecule has 2 rings (SSSR count). The normalized spacial score (nSPS) is 10.4. The van der Waals surface area contributed by atoms with Crippen LogP contribution in [0.3, 0.4) is 0 Å². The number of aryl methyl sites for hydroxylation is 1. The van der Waals surface area contributed by atoms with Crippen LogP contribution in [0.15, 0.2) is 35.4 Å². The summed E-state index contributed by atoms with van der Waals surface area (Å²) in [5, 5.41) is 9.25. The molecule has 0 aliphatic heterocycles. The van der Waals surface area contributed by atoms with Gasteiger partial charge in [-0.05, 0) is 37.3 Å². The van der Waals surface area contributed by atoms with Crippen molar-refractivity contribution in [1.29, 1.82) is 0 Å². The molecule has 1 heterocycles. The Kier molecular flexibility index (Phi) is 5.10. The minimum Gasteiger partial charge on any atom is -0.486 e. The fourth-order valence-electron chi connectivity index (χ4n) is 1.55. The summed E-state index contributed by atoms with van der Waals surface area (Å²) in [6.45, 7) is 1.93. The molecule has 0 fully saturated rings. The minimum atomic E-state index is -0.902. The number of halogens is 1. The van der Waals surface area contributed by atoms with E-state index in [9.17, 15) is 9.18 Å². The van der Waals surface area contributed by atoms with Crippen molar-refractivity contribution in [3.63, 3.8) is 0 Å². The van der Waals surface area contributed by atoms with Crippen molar-refractivity contribution in [2.75, 3.05) is 5.75 Å². The Morgan fingerprint density at radius 1 is 1.33 bits per heavy atom. The number of carboxylic acid groups (broad SMARTS) is 1. The van der Waals surface area contributed by atoms with Gasteiger partial charge < -0.3 is 9.84 Å². The Morgan fingerprint density at radius 2 is 2.05 bits per heavy atom. The number of aromatic nitrogens is 2.